The van der Waals surface area contributed by atoms with Crippen molar-refractivity contribution >= 4 is 35.5 Å². The van der Waals surface area contributed by atoms with Crippen molar-refractivity contribution < 1.29 is 39.0 Å². The highest BCUT2D eigenvalue weighted by Gasteiger charge is 2.26. The average Bonchev–Trinajstić information content (AvgIpc) is 2.79. The SMILES string of the molecule is NC(=O)CCC(N)C(=O)NC(CCC(N)=O)C(=O)NCC(=O)NC(Cc1ccc(O)cc1)C(=O)O. The van der Waals surface area contributed by atoms with Crippen LogP contribution in [0.2, 0.25) is 0 Å². The lowest BCUT2D eigenvalue weighted by atomic mass is 10.1. The van der Waals surface area contributed by atoms with Crippen molar-refractivity contribution in [2.24, 2.45) is 17.2 Å². The maximum Gasteiger partial charge on any atom is 0.326 e. The van der Waals surface area contributed by atoms with E-state index in [4.69, 9.17) is 17.2 Å². The second-order valence-electron chi connectivity index (χ2n) is 7.72. The molecule has 0 bridgehead atoms. The molecule has 1 rings (SSSR count). The molecule has 0 saturated heterocycles. The van der Waals surface area contributed by atoms with Gasteiger partial charge in [-0.15, -0.1) is 0 Å². The topological polar surface area (TPSA) is 257 Å². The summed E-state index contributed by atoms with van der Waals surface area (Å²) in [7, 11) is 0. The van der Waals surface area contributed by atoms with Gasteiger partial charge in [-0.25, -0.2) is 4.79 Å². The first-order valence-corrected chi connectivity index (χ1v) is 10.6. The van der Waals surface area contributed by atoms with E-state index in [1.54, 1.807) is 0 Å². The molecular weight excluding hydrogens is 464 g/mol. The van der Waals surface area contributed by atoms with Crippen molar-refractivity contribution in [2.75, 3.05) is 6.54 Å². The number of phenolic OH excluding ortho intramolecular Hbond substituents is 1. The Labute approximate surface area is 200 Å². The van der Waals surface area contributed by atoms with Gasteiger partial charge in [0, 0.05) is 19.3 Å². The van der Waals surface area contributed by atoms with Crippen molar-refractivity contribution in [3.05, 3.63) is 29.8 Å². The number of carboxylic acids is 1. The van der Waals surface area contributed by atoms with E-state index < -0.39 is 60.2 Å². The zero-order valence-electron chi connectivity index (χ0n) is 18.9. The fraction of sp³-hybridized carbons (Fsp3) is 0.429. The van der Waals surface area contributed by atoms with E-state index in [0.717, 1.165) is 0 Å². The molecule has 0 saturated carbocycles. The van der Waals surface area contributed by atoms with Crippen molar-refractivity contribution in [1.29, 1.82) is 0 Å². The molecule has 0 heterocycles. The second-order valence-corrected chi connectivity index (χ2v) is 7.72. The Bertz CT molecular complexity index is 936. The molecule has 3 atom stereocenters. The summed E-state index contributed by atoms with van der Waals surface area (Å²) in [5.74, 6) is -5.13. The number of benzene rings is 1. The van der Waals surface area contributed by atoms with Crippen LogP contribution in [0.25, 0.3) is 0 Å². The molecule has 14 heteroatoms. The van der Waals surface area contributed by atoms with Crippen molar-refractivity contribution in [2.45, 2.75) is 50.2 Å². The van der Waals surface area contributed by atoms with Crippen LogP contribution in [-0.4, -0.2) is 70.4 Å². The molecule has 14 nitrogen and oxygen atoms in total. The Balaban J connectivity index is 2.70. The molecule has 0 radical (unpaired) electrons. The van der Waals surface area contributed by atoms with Crippen molar-refractivity contribution in [3.63, 3.8) is 0 Å². The van der Waals surface area contributed by atoms with Gasteiger partial charge in [0.2, 0.25) is 29.5 Å². The Hall–Kier alpha value is -4.20. The van der Waals surface area contributed by atoms with Gasteiger partial charge in [-0.05, 0) is 30.5 Å². The number of nitrogens with two attached hydrogens (primary N) is 3. The zero-order valence-corrected chi connectivity index (χ0v) is 18.9. The van der Waals surface area contributed by atoms with Gasteiger partial charge in [0.25, 0.3) is 0 Å². The lowest BCUT2D eigenvalue weighted by Crippen LogP contribution is -2.53. The number of carboxylic acid groups (broad SMARTS) is 1. The number of nitrogens with one attached hydrogen (secondary N) is 3. The molecule has 5 amide bonds. The van der Waals surface area contributed by atoms with Gasteiger partial charge in [-0.3, -0.25) is 24.0 Å². The smallest absolute Gasteiger partial charge is 0.326 e. The van der Waals surface area contributed by atoms with Gasteiger partial charge < -0.3 is 43.4 Å². The number of phenols is 1. The van der Waals surface area contributed by atoms with Crippen LogP contribution in [0.5, 0.6) is 5.75 Å². The first kappa shape index (κ1) is 28.8. The summed E-state index contributed by atoms with van der Waals surface area (Å²) in [6.45, 7) is -0.616. The highest BCUT2D eigenvalue weighted by atomic mass is 16.4. The third-order valence-corrected chi connectivity index (χ3v) is 4.78. The predicted octanol–water partition coefficient (Wildman–Crippen LogP) is -3.04. The monoisotopic (exact) mass is 494 g/mol. The normalized spacial score (nSPS) is 13.1. The van der Waals surface area contributed by atoms with Crippen LogP contribution in [0.15, 0.2) is 24.3 Å². The maximum absolute atomic E-state index is 12.5. The summed E-state index contributed by atoms with van der Waals surface area (Å²) < 4.78 is 0. The second kappa shape index (κ2) is 14.1. The quantitative estimate of drug-likeness (QED) is 0.123. The Morgan fingerprint density at radius 2 is 1.40 bits per heavy atom. The van der Waals surface area contributed by atoms with E-state index in [-0.39, 0.29) is 37.9 Å². The molecule has 0 spiro atoms. The highest BCUT2D eigenvalue weighted by molar-refractivity contribution is 5.93. The van der Waals surface area contributed by atoms with Crippen LogP contribution in [0, 0.1) is 0 Å². The molecule has 35 heavy (non-hydrogen) atoms. The summed E-state index contributed by atoms with van der Waals surface area (Å²) in [5, 5.41) is 25.5. The Kier molecular flexibility index (Phi) is 11.7. The van der Waals surface area contributed by atoms with E-state index in [1.165, 1.54) is 24.3 Å². The molecule has 0 aliphatic rings. The molecular formula is C21H30N6O8. The number of amides is 5. The first-order valence-electron chi connectivity index (χ1n) is 10.6. The van der Waals surface area contributed by atoms with Gasteiger partial charge in [-0.2, -0.15) is 0 Å². The number of primary amides is 2. The number of hydrogen-bond acceptors (Lipinski definition) is 8. The summed E-state index contributed by atoms with van der Waals surface area (Å²) in [5.41, 5.74) is 16.3. The standard InChI is InChI=1S/C21H30N6O8/c22-13(5-7-16(23)29)19(32)27-14(6-8-17(24)30)20(33)25-10-18(31)26-15(21(34)35)9-11-1-3-12(28)4-2-11/h1-4,13-15,28H,5-10,22H2,(H2,23,29)(H2,24,30)(H,25,33)(H,26,31)(H,27,32)(H,34,35). The number of aromatic hydroxyl groups is 1. The highest BCUT2D eigenvalue weighted by Crippen LogP contribution is 2.11. The molecule has 0 aromatic heterocycles. The lowest BCUT2D eigenvalue weighted by molar-refractivity contribution is -0.141. The molecule has 1 aromatic carbocycles. The zero-order chi connectivity index (χ0) is 26.5. The summed E-state index contributed by atoms with van der Waals surface area (Å²) in [6.07, 6.45) is -0.729. The van der Waals surface area contributed by atoms with Crippen LogP contribution < -0.4 is 33.2 Å². The minimum atomic E-state index is -1.31. The Morgan fingerprint density at radius 3 is 1.94 bits per heavy atom. The molecule has 1 aromatic rings. The fourth-order valence-electron chi connectivity index (χ4n) is 2.87. The molecule has 0 fully saturated rings. The average molecular weight is 495 g/mol. The maximum atomic E-state index is 12.5. The van der Waals surface area contributed by atoms with Crippen LogP contribution in [-0.2, 0) is 35.2 Å². The van der Waals surface area contributed by atoms with E-state index in [0.29, 0.717) is 5.56 Å². The largest absolute Gasteiger partial charge is 0.508 e. The minimum absolute atomic E-state index is 0.000760. The van der Waals surface area contributed by atoms with E-state index in [1.807, 2.05) is 0 Å². The van der Waals surface area contributed by atoms with Gasteiger partial charge in [0.05, 0.1) is 12.6 Å². The third kappa shape index (κ3) is 11.5. The molecule has 3 unspecified atom stereocenters. The van der Waals surface area contributed by atoms with Gasteiger partial charge in [-0.1, -0.05) is 12.1 Å². The lowest BCUT2D eigenvalue weighted by Gasteiger charge is -2.20. The number of rotatable bonds is 15. The van der Waals surface area contributed by atoms with E-state index >= 15 is 0 Å². The van der Waals surface area contributed by atoms with E-state index in [2.05, 4.69) is 16.0 Å². The summed E-state index contributed by atoms with van der Waals surface area (Å²) in [4.78, 5) is 70.4. The predicted molar refractivity (Wildman–Crippen MR) is 121 cm³/mol. The number of hydrogen-bond donors (Lipinski definition) is 8. The van der Waals surface area contributed by atoms with Gasteiger partial charge >= 0.3 is 5.97 Å². The third-order valence-electron chi connectivity index (χ3n) is 4.78. The molecule has 0 aliphatic heterocycles. The van der Waals surface area contributed by atoms with Crippen LogP contribution in [0.3, 0.4) is 0 Å². The molecule has 0 aliphatic carbocycles. The first-order chi connectivity index (χ1) is 16.4. The van der Waals surface area contributed by atoms with E-state index in [9.17, 15) is 39.0 Å². The molecule has 192 valence electrons. The molecule has 11 N–H and O–H groups in total. The van der Waals surface area contributed by atoms with Crippen LogP contribution >= 0.6 is 0 Å². The van der Waals surface area contributed by atoms with Gasteiger partial charge in [0.1, 0.15) is 17.8 Å². The summed E-state index contributed by atoms with van der Waals surface area (Å²) in [6, 6.07) is 2.02. The Morgan fingerprint density at radius 1 is 0.829 bits per heavy atom. The fourth-order valence-corrected chi connectivity index (χ4v) is 2.87. The number of carbonyl (C=O) groups excluding carboxylic acids is 5. The minimum Gasteiger partial charge on any atom is -0.508 e. The van der Waals surface area contributed by atoms with Crippen molar-refractivity contribution in [1.82, 2.24) is 16.0 Å². The van der Waals surface area contributed by atoms with Crippen LogP contribution in [0.4, 0.5) is 0 Å². The summed E-state index contributed by atoms with van der Waals surface area (Å²) >= 11 is 0. The number of aliphatic carboxylic acids is 1. The number of carbonyl (C=O) groups is 6. The van der Waals surface area contributed by atoms with Crippen molar-refractivity contribution in [3.8, 4) is 5.75 Å². The van der Waals surface area contributed by atoms with Crippen LogP contribution in [0.1, 0.15) is 31.2 Å². The van der Waals surface area contributed by atoms with Gasteiger partial charge in [0.15, 0.2) is 0 Å².